The number of aromatic amines is 1. The van der Waals surface area contributed by atoms with E-state index < -0.39 is 0 Å². The highest BCUT2D eigenvalue weighted by Crippen LogP contribution is 2.21. The van der Waals surface area contributed by atoms with Crippen LogP contribution in [0, 0.1) is 6.92 Å². The molecule has 3 aromatic rings. The van der Waals surface area contributed by atoms with Gasteiger partial charge in [0.1, 0.15) is 0 Å². The van der Waals surface area contributed by atoms with Crippen molar-refractivity contribution in [2.45, 2.75) is 19.8 Å². The van der Waals surface area contributed by atoms with Crippen LogP contribution in [0.5, 0.6) is 0 Å². The molecule has 2 amide bonds. The molecule has 0 aliphatic carbocycles. The fourth-order valence-corrected chi connectivity index (χ4v) is 3.13. The molecule has 5 nitrogen and oxygen atoms in total. The number of nitrogens with one attached hydrogen (secondary N) is 3. The van der Waals surface area contributed by atoms with Gasteiger partial charge in [-0.25, -0.2) is 0 Å². The quantitative estimate of drug-likeness (QED) is 0.572. The molecule has 0 aliphatic rings. The van der Waals surface area contributed by atoms with Crippen molar-refractivity contribution in [1.82, 2.24) is 10.3 Å². The molecule has 0 aliphatic heterocycles. The summed E-state index contributed by atoms with van der Waals surface area (Å²) in [7, 11) is 0. The van der Waals surface area contributed by atoms with E-state index >= 15 is 0 Å². The van der Waals surface area contributed by atoms with E-state index in [9.17, 15) is 9.59 Å². The second kappa shape index (κ2) is 8.19. The number of benzene rings is 2. The van der Waals surface area contributed by atoms with E-state index in [1.807, 2.05) is 55.6 Å². The summed E-state index contributed by atoms with van der Waals surface area (Å²) in [6, 6.07) is 13.6. The minimum absolute atomic E-state index is 0.0961. The maximum atomic E-state index is 12.1. The normalized spacial score (nSPS) is 10.7. The number of amides is 2. The summed E-state index contributed by atoms with van der Waals surface area (Å²) in [4.78, 5) is 27.4. The summed E-state index contributed by atoms with van der Waals surface area (Å²) < 4.78 is 0.908. The van der Waals surface area contributed by atoms with Gasteiger partial charge >= 0.3 is 0 Å². The number of halogens is 1. The average Bonchev–Trinajstić information content (AvgIpc) is 3.01. The van der Waals surface area contributed by atoms with Gasteiger partial charge in [0.15, 0.2) is 0 Å². The van der Waals surface area contributed by atoms with Gasteiger partial charge in [0.05, 0.1) is 6.42 Å². The molecule has 1 heterocycles. The number of carbonyl (C=O) groups is 2. The Hall–Kier alpha value is -2.60. The summed E-state index contributed by atoms with van der Waals surface area (Å²) in [5.41, 5.74) is 3.73. The minimum Gasteiger partial charge on any atom is -0.361 e. The van der Waals surface area contributed by atoms with Crippen LogP contribution in [0.15, 0.2) is 53.1 Å². The van der Waals surface area contributed by atoms with Crippen molar-refractivity contribution >= 4 is 44.3 Å². The first kappa shape index (κ1) is 18.2. The molecule has 0 bridgehead atoms. The van der Waals surface area contributed by atoms with Gasteiger partial charge in [-0.1, -0.05) is 40.2 Å². The van der Waals surface area contributed by atoms with Crippen molar-refractivity contribution in [1.29, 1.82) is 0 Å². The van der Waals surface area contributed by atoms with E-state index in [4.69, 9.17) is 0 Å². The van der Waals surface area contributed by atoms with Gasteiger partial charge in [-0.15, -0.1) is 0 Å². The molecule has 0 atom stereocenters. The second-order valence-electron chi connectivity index (χ2n) is 6.14. The van der Waals surface area contributed by atoms with E-state index in [0.29, 0.717) is 6.54 Å². The standard InChI is InChI=1S/C20H20BrN3O2/c1-13-6-7-15(21)11-18(13)24-19(25)8-9-22-20(26)10-14-12-23-17-5-3-2-4-16(14)17/h2-7,11-12,23H,8-10H2,1H3,(H,22,26)(H,24,25). The largest absolute Gasteiger partial charge is 0.361 e. The lowest BCUT2D eigenvalue weighted by Gasteiger charge is -2.09. The van der Waals surface area contributed by atoms with E-state index in [0.717, 1.165) is 32.2 Å². The Balaban J connectivity index is 1.47. The predicted molar refractivity (Wildman–Crippen MR) is 107 cm³/mol. The molecule has 0 saturated heterocycles. The van der Waals surface area contributed by atoms with E-state index in [1.54, 1.807) is 0 Å². The molecule has 0 fully saturated rings. The maximum Gasteiger partial charge on any atom is 0.226 e. The third-order valence-electron chi connectivity index (χ3n) is 4.17. The van der Waals surface area contributed by atoms with Gasteiger partial charge in [-0.2, -0.15) is 0 Å². The van der Waals surface area contributed by atoms with Crippen LogP contribution in [0.1, 0.15) is 17.5 Å². The molecule has 26 heavy (non-hydrogen) atoms. The van der Waals surface area contributed by atoms with Gasteiger partial charge in [0.2, 0.25) is 11.8 Å². The molecule has 1 aromatic heterocycles. The average molecular weight is 414 g/mol. The Bertz CT molecular complexity index is 949. The molecular formula is C20H20BrN3O2. The number of aromatic nitrogens is 1. The molecule has 0 saturated carbocycles. The van der Waals surface area contributed by atoms with Crippen LogP contribution in [-0.4, -0.2) is 23.3 Å². The summed E-state index contributed by atoms with van der Waals surface area (Å²) in [5.74, 6) is -0.222. The fraction of sp³-hybridized carbons (Fsp3) is 0.200. The molecule has 3 N–H and O–H groups in total. The van der Waals surface area contributed by atoms with Crippen molar-refractivity contribution in [2.24, 2.45) is 0 Å². The summed E-state index contributed by atoms with van der Waals surface area (Å²) in [6.07, 6.45) is 2.37. The number of para-hydroxylation sites is 1. The predicted octanol–water partition coefficient (Wildman–Crippen LogP) is 3.93. The highest BCUT2D eigenvalue weighted by molar-refractivity contribution is 9.10. The zero-order chi connectivity index (χ0) is 18.5. The molecule has 3 rings (SSSR count). The Kier molecular flexibility index (Phi) is 5.73. The van der Waals surface area contributed by atoms with Gasteiger partial charge in [0, 0.05) is 40.2 Å². The fourth-order valence-electron chi connectivity index (χ4n) is 2.77. The molecule has 0 unspecified atom stereocenters. The van der Waals surface area contributed by atoms with Crippen molar-refractivity contribution in [3.8, 4) is 0 Å². The lowest BCUT2D eigenvalue weighted by molar-refractivity contribution is -0.120. The zero-order valence-corrected chi connectivity index (χ0v) is 16.0. The van der Waals surface area contributed by atoms with Gasteiger partial charge in [-0.05, 0) is 36.2 Å². The summed E-state index contributed by atoms with van der Waals surface area (Å²) >= 11 is 3.39. The van der Waals surface area contributed by atoms with Crippen molar-refractivity contribution < 1.29 is 9.59 Å². The van der Waals surface area contributed by atoms with Gasteiger partial charge in [-0.3, -0.25) is 9.59 Å². The molecule has 134 valence electrons. The van der Waals surface area contributed by atoms with Crippen LogP contribution in [0.3, 0.4) is 0 Å². The van der Waals surface area contributed by atoms with Crippen molar-refractivity contribution in [2.75, 3.05) is 11.9 Å². The number of hydrogen-bond donors (Lipinski definition) is 3. The van der Waals surface area contributed by atoms with E-state index in [1.165, 1.54) is 0 Å². The molecule has 0 spiro atoms. The third kappa shape index (κ3) is 4.52. The topological polar surface area (TPSA) is 74.0 Å². The monoisotopic (exact) mass is 413 g/mol. The number of hydrogen-bond acceptors (Lipinski definition) is 2. The number of H-pyrrole nitrogens is 1. The molecular weight excluding hydrogens is 394 g/mol. The van der Waals surface area contributed by atoms with Gasteiger partial charge in [0.25, 0.3) is 0 Å². The van der Waals surface area contributed by atoms with Crippen LogP contribution < -0.4 is 10.6 Å². The summed E-state index contributed by atoms with van der Waals surface area (Å²) in [5, 5.41) is 6.72. The first-order valence-electron chi connectivity index (χ1n) is 8.40. The van der Waals surface area contributed by atoms with Crippen LogP contribution in [0.2, 0.25) is 0 Å². The number of fused-ring (bicyclic) bond motifs is 1. The second-order valence-corrected chi connectivity index (χ2v) is 7.06. The number of anilines is 1. The highest BCUT2D eigenvalue weighted by Gasteiger charge is 2.10. The first-order chi connectivity index (χ1) is 12.5. The third-order valence-corrected chi connectivity index (χ3v) is 4.67. The van der Waals surface area contributed by atoms with E-state index in [2.05, 4.69) is 31.5 Å². The Morgan fingerprint density at radius 3 is 2.77 bits per heavy atom. The van der Waals surface area contributed by atoms with Crippen LogP contribution in [0.25, 0.3) is 10.9 Å². The lowest BCUT2D eigenvalue weighted by atomic mass is 10.1. The van der Waals surface area contributed by atoms with E-state index in [-0.39, 0.29) is 24.7 Å². The van der Waals surface area contributed by atoms with Crippen molar-refractivity contribution in [3.05, 3.63) is 64.3 Å². The van der Waals surface area contributed by atoms with Crippen LogP contribution in [-0.2, 0) is 16.0 Å². The first-order valence-corrected chi connectivity index (χ1v) is 9.20. The molecule has 6 heteroatoms. The Labute approximate surface area is 160 Å². The number of rotatable bonds is 6. The lowest BCUT2D eigenvalue weighted by Crippen LogP contribution is -2.28. The van der Waals surface area contributed by atoms with Crippen LogP contribution in [0.4, 0.5) is 5.69 Å². The van der Waals surface area contributed by atoms with Crippen LogP contribution >= 0.6 is 15.9 Å². The minimum atomic E-state index is -0.126. The van der Waals surface area contributed by atoms with Crippen molar-refractivity contribution in [3.63, 3.8) is 0 Å². The Morgan fingerprint density at radius 1 is 1.12 bits per heavy atom. The highest BCUT2D eigenvalue weighted by atomic mass is 79.9. The SMILES string of the molecule is Cc1ccc(Br)cc1NC(=O)CCNC(=O)Cc1c[nH]c2ccccc12. The molecule has 2 aromatic carbocycles. The maximum absolute atomic E-state index is 12.1. The zero-order valence-electron chi connectivity index (χ0n) is 14.4. The Morgan fingerprint density at radius 2 is 1.92 bits per heavy atom. The smallest absolute Gasteiger partial charge is 0.226 e. The number of aryl methyl sites for hydroxylation is 1. The van der Waals surface area contributed by atoms with Gasteiger partial charge < -0.3 is 15.6 Å². The number of carbonyl (C=O) groups excluding carboxylic acids is 2. The summed E-state index contributed by atoms with van der Waals surface area (Å²) in [6.45, 7) is 2.24. The molecule has 0 radical (unpaired) electrons.